The Kier molecular flexibility index (Phi) is 5.62. The summed E-state index contributed by atoms with van der Waals surface area (Å²) < 4.78 is 2.11. The van der Waals surface area contributed by atoms with Crippen LogP contribution < -0.4 is 5.73 Å². The van der Waals surface area contributed by atoms with Gasteiger partial charge in [-0.2, -0.15) is 0 Å². The van der Waals surface area contributed by atoms with Gasteiger partial charge in [-0.05, 0) is 24.1 Å². The maximum Gasteiger partial charge on any atom is 0.270 e. The highest BCUT2D eigenvalue weighted by Crippen LogP contribution is 2.23. The van der Waals surface area contributed by atoms with Crippen LogP contribution in [-0.2, 0) is 11.3 Å². The summed E-state index contributed by atoms with van der Waals surface area (Å²) in [5.41, 5.74) is 8.26. The summed E-state index contributed by atoms with van der Waals surface area (Å²) in [6.45, 7) is 3.61. The summed E-state index contributed by atoms with van der Waals surface area (Å²) in [6.07, 6.45) is 0.831. The molecule has 0 spiro atoms. The number of carbonyl (C=O) groups is 2. The van der Waals surface area contributed by atoms with E-state index in [2.05, 4.69) is 22.8 Å². The second-order valence-electron chi connectivity index (χ2n) is 7.55. The molecule has 4 rings (SSSR count). The van der Waals surface area contributed by atoms with Crippen LogP contribution in [0.4, 0.5) is 0 Å². The lowest BCUT2D eigenvalue weighted by atomic mass is 10.2. The molecule has 1 aromatic heterocycles. The van der Waals surface area contributed by atoms with Crippen LogP contribution in [0.3, 0.4) is 0 Å². The standard InChI is InChI=1S/C23H26N4O2/c24-22(28)17-25-11-6-12-26(14-13-25)23(29)21-15-19-9-4-5-10-20(19)27(21)16-18-7-2-1-3-8-18/h1-5,7-10,15H,6,11-14,16-17H2,(H2,24,28). The minimum Gasteiger partial charge on any atom is -0.369 e. The van der Waals surface area contributed by atoms with Gasteiger partial charge in [-0.25, -0.2) is 0 Å². The minimum atomic E-state index is -0.326. The van der Waals surface area contributed by atoms with Gasteiger partial charge in [-0.3, -0.25) is 14.5 Å². The van der Waals surface area contributed by atoms with Crippen molar-refractivity contribution in [1.82, 2.24) is 14.4 Å². The van der Waals surface area contributed by atoms with Crippen LogP contribution >= 0.6 is 0 Å². The Morgan fingerprint density at radius 2 is 1.66 bits per heavy atom. The number of hydrogen-bond donors (Lipinski definition) is 1. The highest BCUT2D eigenvalue weighted by Gasteiger charge is 2.24. The van der Waals surface area contributed by atoms with E-state index in [1.54, 1.807) is 0 Å². The second-order valence-corrected chi connectivity index (χ2v) is 7.55. The molecule has 2 N–H and O–H groups in total. The number of rotatable bonds is 5. The Balaban J connectivity index is 1.62. The lowest BCUT2D eigenvalue weighted by Crippen LogP contribution is -2.38. The summed E-state index contributed by atoms with van der Waals surface area (Å²) in [6, 6.07) is 20.3. The van der Waals surface area contributed by atoms with Gasteiger partial charge in [0.1, 0.15) is 5.69 Å². The average Bonchev–Trinajstić information content (AvgIpc) is 2.92. The van der Waals surface area contributed by atoms with Gasteiger partial charge in [-0.1, -0.05) is 48.5 Å². The molecule has 0 saturated carbocycles. The van der Waals surface area contributed by atoms with Crippen molar-refractivity contribution >= 4 is 22.7 Å². The molecular weight excluding hydrogens is 364 g/mol. The van der Waals surface area contributed by atoms with Crippen molar-refractivity contribution in [1.29, 1.82) is 0 Å². The van der Waals surface area contributed by atoms with E-state index >= 15 is 0 Å². The Labute approximate surface area is 170 Å². The number of fused-ring (bicyclic) bond motifs is 1. The molecular formula is C23H26N4O2. The Bertz CT molecular complexity index is 1010. The van der Waals surface area contributed by atoms with Crippen molar-refractivity contribution in [3.8, 4) is 0 Å². The van der Waals surface area contributed by atoms with Crippen LogP contribution in [-0.4, -0.2) is 58.9 Å². The van der Waals surface area contributed by atoms with Crippen LogP contribution in [0.1, 0.15) is 22.5 Å². The average molecular weight is 390 g/mol. The van der Waals surface area contributed by atoms with Crippen LogP contribution in [0.2, 0.25) is 0 Å². The van der Waals surface area contributed by atoms with E-state index in [-0.39, 0.29) is 18.4 Å². The van der Waals surface area contributed by atoms with Crippen LogP contribution in [0.5, 0.6) is 0 Å². The zero-order valence-electron chi connectivity index (χ0n) is 16.5. The van der Waals surface area contributed by atoms with E-state index in [1.165, 1.54) is 0 Å². The van der Waals surface area contributed by atoms with Gasteiger partial charge in [0.05, 0.1) is 6.54 Å². The first-order valence-corrected chi connectivity index (χ1v) is 10.0. The molecule has 6 nitrogen and oxygen atoms in total. The third kappa shape index (κ3) is 4.32. The fraction of sp³-hybridized carbons (Fsp3) is 0.304. The number of carbonyl (C=O) groups excluding carboxylic acids is 2. The van der Waals surface area contributed by atoms with E-state index in [0.29, 0.717) is 31.9 Å². The van der Waals surface area contributed by atoms with Crippen molar-refractivity contribution in [2.45, 2.75) is 13.0 Å². The van der Waals surface area contributed by atoms with Gasteiger partial charge < -0.3 is 15.2 Å². The van der Waals surface area contributed by atoms with Crippen LogP contribution in [0, 0.1) is 0 Å². The third-order valence-corrected chi connectivity index (χ3v) is 5.47. The second kappa shape index (κ2) is 8.49. The fourth-order valence-corrected chi connectivity index (χ4v) is 4.04. The molecule has 0 radical (unpaired) electrons. The highest BCUT2D eigenvalue weighted by atomic mass is 16.2. The Hall–Kier alpha value is -3.12. The molecule has 29 heavy (non-hydrogen) atoms. The van der Waals surface area contributed by atoms with E-state index in [9.17, 15) is 9.59 Å². The van der Waals surface area contributed by atoms with Crippen molar-refractivity contribution in [2.75, 3.05) is 32.7 Å². The van der Waals surface area contributed by atoms with Gasteiger partial charge in [-0.15, -0.1) is 0 Å². The molecule has 1 aliphatic rings. The van der Waals surface area contributed by atoms with Gasteiger partial charge in [0.25, 0.3) is 5.91 Å². The number of para-hydroxylation sites is 1. The topological polar surface area (TPSA) is 71.6 Å². The number of hydrogen-bond acceptors (Lipinski definition) is 3. The Morgan fingerprint density at radius 1 is 0.897 bits per heavy atom. The van der Waals surface area contributed by atoms with E-state index < -0.39 is 0 Å². The molecule has 1 fully saturated rings. The summed E-state index contributed by atoms with van der Waals surface area (Å²) in [7, 11) is 0. The summed E-state index contributed by atoms with van der Waals surface area (Å²) in [4.78, 5) is 28.6. The lowest BCUT2D eigenvalue weighted by Gasteiger charge is -2.22. The first-order valence-electron chi connectivity index (χ1n) is 10.0. The fourth-order valence-electron chi connectivity index (χ4n) is 4.04. The number of nitrogens with two attached hydrogens (primary N) is 1. The zero-order valence-corrected chi connectivity index (χ0v) is 16.5. The monoisotopic (exact) mass is 390 g/mol. The zero-order chi connectivity index (χ0) is 20.2. The summed E-state index contributed by atoms with van der Waals surface area (Å²) in [5.74, 6) is -0.286. The highest BCUT2D eigenvalue weighted by molar-refractivity contribution is 5.99. The van der Waals surface area contributed by atoms with Crippen molar-refractivity contribution in [3.63, 3.8) is 0 Å². The molecule has 0 bridgehead atoms. The maximum absolute atomic E-state index is 13.5. The van der Waals surface area contributed by atoms with Crippen LogP contribution in [0.25, 0.3) is 10.9 Å². The predicted octanol–water partition coefficient (Wildman–Crippen LogP) is 2.32. The van der Waals surface area contributed by atoms with Crippen molar-refractivity contribution in [2.24, 2.45) is 5.73 Å². The first-order chi connectivity index (χ1) is 14.1. The summed E-state index contributed by atoms with van der Waals surface area (Å²) >= 11 is 0. The van der Waals surface area contributed by atoms with Crippen molar-refractivity contribution < 1.29 is 9.59 Å². The lowest BCUT2D eigenvalue weighted by molar-refractivity contribution is -0.119. The van der Waals surface area contributed by atoms with E-state index in [0.717, 1.165) is 29.4 Å². The summed E-state index contributed by atoms with van der Waals surface area (Å²) in [5, 5.41) is 1.07. The first kappa shape index (κ1) is 19.2. The van der Waals surface area contributed by atoms with Gasteiger partial charge >= 0.3 is 0 Å². The molecule has 2 amide bonds. The van der Waals surface area contributed by atoms with E-state index in [1.807, 2.05) is 52.3 Å². The predicted molar refractivity (Wildman–Crippen MR) is 114 cm³/mol. The third-order valence-electron chi connectivity index (χ3n) is 5.47. The number of primary amides is 1. The molecule has 150 valence electrons. The molecule has 1 saturated heterocycles. The molecule has 0 aliphatic carbocycles. The molecule has 3 aromatic rings. The van der Waals surface area contributed by atoms with Gasteiger partial charge in [0.2, 0.25) is 5.91 Å². The molecule has 1 aliphatic heterocycles. The van der Waals surface area contributed by atoms with Gasteiger partial charge in [0.15, 0.2) is 0 Å². The largest absolute Gasteiger partial charge is 0.369 e. The number of aromatic nitrogens is 1. The molecule has 2 aromatic carbocycles. The minimum absolute atomic E-state index is 0.0399. The molecule has 0 atom stereocenters. The Morgan fingerprint density at radius 3 is 2.45 bits per heavy atom. The molecule has 0 unspecified atom stereocenters. The number of amides is 2. The number of nitrogens with zero attached hydrogens (tertiary/aromatic N) is 3. The van der Waals surface area contributed by atoms with Crippen molar-refractivity contribution in [3.05, 3.63) is 71.9 Å². The van der Waals surface area contributed by atoms with Crippen LogP contribution in [0.15, 0.2) is 60.7 Å². The van der Waals surface area contributed by atoms with Gasteiger partial charge in [0, 0.05) is 43.6 Å². The molecule has 2 heterocycles. The molecule has 6 heteroatoms. The quantitative estimate of drug-likeness (QED) is 0.727. The number of benzene rings is 2. The van der Waals surface area contributed by atoms with E-state index in [4.69, 9.17) is 5.73 Å². The maximum atomic E-state index is 13.5. The normalized spacial score (nSPS) is 15.4. The smallest absolute Gasteiger partial charge is 0.270 e. The SMILES string of the molecule is NC(=O)CN1CCCN(C(=O)c2cc3ccccc3n2Cc2ccccc2)CC1.